The third-order valence-electron chi connectivity index (χ3n) is 4.31. The molecule has 0 bridgehead atoms. The van der Waals surface area contributed by atoms with Crippen LogP contribution in [0.1, 0.15) is 17.0 Å². The Hall–Kier alpha value is -2.32. The quantitative estimate of drug-likeness (QED) is 0.732. The molecule has 0 saturated carbocycles. The molecular weight excluding hydrogens is 258 g/mol. The maximum Gasteiger partial charge on any atom is 0.154 e. The van der Waals surface area contributed by atoms with E-state index in [0.29, 0.717) is 0 Å². The van der Waals surface area contributed by atoms with Crippen LogP contribution in [-0.4, -0.2) is 6.23 Å². The van der Waals surface area contributed by atoms with Crippen LogP contribution in [0.2, 0.25) is 0 Å². The highest BCUT2D eigenvalue weighted by molar-refractivity contribution is 5.88. The number of hydrogen-bond donors (Lipinski definition) is 1. The first-order chi connectivity index (χ1) is 10.3. The van der Waals surface area contributed by atoms with Gasteiger partial charge in [-0.2, -0.15) is 0 Å². The fourth-order valence-corrected chi connectivity index (χ4v) is 3.21. The molecule has 0 radical (unpaired) electrons. The summed E-state index contributed by atoms with van der Waals surface area (Å²) in [5, 5.41) is 2.52. The van der Waals surface area contributed by atoms with Crippen molar-refractivity contribution in [3.63, 3.8) is 0 Å². The number of rotatable bonds is 1. The van der Waals surface area contributed by atoms with E-state index in [-0.39, 0.29) is 12.1 Å². The molecule has 2 heteroatoms. The summed E-state index contributed by atoms with van der Waals surface area (Å²) in [7, 11) is 0. The molecule has 0 aliphatic carbocycles. The van der Waals surface area contributed by atoms with Crippen LogP contribution in [0.25, 0.3) is 10.8 Å². The number of ether oxygens (including phenoxy) is 1. The van der Waals surface area contributed by atoms with Gasteiger partial charge in [-0.1, -0.05) is 60.7 Å². The second-order valence-electron chi connectivity index (χ2n) is 5.57. The number of benzene rings is 3. The minimum absolute atomic E-state index is 0.199. The SMILES string of the molecule is NC1Oc2ccc3ccccc3c2CC1c1ccccc1. The van der Waals surface area contributed by atoms with E-state index in [0.717, 1.165) is 12.2 Å². The average Bonchev–Trinajstić information content (AvgIpc) is 2.55. The fourth-order valence-electron chi connectivity index (χ4n) is 3.21. The zero-order valence-electron chi connectivity index (χ0n) is 11.7. The molecule has 0 saturated heterocycles. The van der Waals surface area contributed by atoms with Crippen LogP contribution in [0, 0.1) is 0 Å². The summed E-state index contributed by atoms with van der Waals surface area (Å²) in [5.41, 5.74) is 8.75. The van der Waals surface area contributed by atoms with Gasteiger partial charge in [-0.25, -0.2) is 0 Å². The first kappa shape index (κ1) is 12.4. The molecule has 1 aliphatic rings. The molecule has 2 atom stereocenters. The minimum atomic E-state index is -0.291. The van der Waals surface area contributed by atoms with Crippen LogP contribution < -0.4 is 10.5 Å². The average molecular weight is 275 g/mol. The standard InChI is InChI=1S/C19H17NO/c20-19-16(13-6-2-1-3-7-13)12-17-15-9-5-4-8-14(15)10-11-18(17)21-19/h1-11,16,19H,12,20H2. The van der Waals surface area contributed by atoms with Crippen molar-refractivity contribution >= 4 is 10.8 Å². The monoisotopic (exact) mass is 275 g/mol. The van der Waals surface area contributed by atoms with Crippen molar-refractivity contribution < 1.29 is 4.74 Å². The summed E-state index contributed by atoms with van der Waals surface area (Å²) in [6.45, 7) is 0. The van der Waals surface area contributed by atoms with Crippen molar-refractivity contribution in [3.8, 4) is 5.75 Å². The Morgan fingerprint density at radius 3 is 2.48 bits per heavy atom. The topological polar surface area (TPSA) is 35.2 Å². The third kappa shape index (κ3) is 2.08. The fraction of sp³-hybridized carbons (Fsp3) is 0.158. The van der Waals surface area contributed by atoms with Crippen LogP contribution in [0.5, 0.6) is 5.75 Å². The highest BCUT2D eigenvalue weighted by atomic mass is 16.5. The van der Waals surface area contributed by atoms with Gasteiger partial charge in [0.25, 0.3) is 0 Å². The first-order valence-corrected chi connectivity index (χ1v) is 7.31. The van der Waals surface area contributed by atoms with Crippen LogP contribution >= 0.6 is 0 Å². The summed E-state index contributed by atoms with van der Waals surface area (Å²) in [5.74, 6) is 1.12. The van der Waals surface area contributed by atoms with Gasteiger partial charge in [0.1, 0.15) is 5.75 Å². The lowest BCUT2D eigenvalue weighted by Crippen LogP contribution is -2.38. The molecule has 0 aromatic heterocycles. The molecular formula is C19H17NO. The van der Waals surface area contributed by atoms with Crippen molar-refractivity contribution in [2.75, 3.05) is 0 Å². The Morgan fingerprint density at radius 1 is 0.857 bits per heavy atom. The highest BCUT2D eigenvalue weighted by Crippen LogP contribution is 2.38. The van der Waals surface area contributed by atoms with Gasteiger partial charge < -0.3 is 4.74 Å². The summed E-state index contributed by atoms with van der Waals surface area (Å²) < 4.78 is 5.98. The molecule has 0 amide bonds. The molecule has 2 N–H and O–H groups in total. The van der Waals surface area contributed by atoms with Crippen molar-refractivity contribution in [2.45, 2.75) is 18.6 Å². The normalized spacial score (nSPS) is 20.8. The third-order valence-corrected chi connectivity index (χ3v) is 4.31. The van der Waals surface area contributed by atoms with Crippen LogP contribution in [0.3, 0.4) is 0 Å². The molecule has 3 aromatic rings. The smallest absolute Gasteiger partial charge is 0.154 e. The van der Waals surface area contributed by atoms with Gasteiger partial charge in [-0.05, 0) is 28.8 Å². The predicted molar refractivity (Wildman–Crippen MR) is 85.4 cm³/mol. The highest BCUT2D eigenvalue weighted by Gasteiger charge is 2.29. The molecule has 0 spiro atoms. The Morgan fingerprint density at radius 2 is 1.62 bits per heavy atom. The summed E-state index contributed by atoms with van der Waals surface area (Å²) >= 11 is 0. The lowest BCUT2D eigenvalue weighted by atomic mass is 9.86. The molecule has 1 aliphatic heterocycles. The van der Waals surface area contributed by atoms with Gasteiger partial charge in [0, 0.05) is 11.5 Å². The van der Waals surface area contributed by atoms with E-state index in [9.17, 15) is 0 Å². The number of nitrogens with two attached hydrogens (primary N) is 1. The Labute approximate surface area is 124 Å². The van der Waals surface area contributed by atoms with Gasteiger partial charge in [-0.3, -0.25) is 5.73 Å². The van der Waals surface area contributed by atoms with Crippen LogP contribution in [-0.2, 0) is 6.42 Å². The lowest BCUT2D eigenvalue weighted by molar-refractivity contribution is 0.157. The van der Waals surface area contributed by atoms with E-state index in [1.54, 1.807) is 0 Å². The van der Waals surface area contributed by atoms with Crippen molar-refractivity contribution in [1.82, 2.24) is 0 Å². The molecule has 3 aromatic carbocycles. The first-order valence-electron chi connectivity index (χ1n) is 7.31. The second kappa shape index (κ2) is 4.90. The molecule has 2 unspecified atom stereocenters. The molecule has 2 nitrogen and oxygen atoms in total. The van der Waals surface area contributed by atoms with Gasteiger partial charge in [0.15, 0.2) is 6.23 Å². The van der Waals surface area contributed by atoms with Crippen LogP contribution in [0.15, 0.2) is 66.7 Å². The van der Waals surface area contributed by atoms with E-state index in [4.69, 9.17) is 10.5 Å². The van der Waals surface area contributed by atoms with E-state index < -0.39 is 0 Å². The summed E-state index contributed by atoms with van der Waals surface area (Å²) in [6, 6.07) is 23.0. The molecule has 0 fully saturated rings. The Kier molecular flexibility index (Phi) is 2.90. The molecule has 4 rings (SSSR count). The van der Waals surface area contributed by atoms with E-state index in [1.807, 2.05) is 12.1 Å². The van der Waals surface area contributed by atoms with Crippen molar-refractivity contribution in [3.05, 3.63) is 77.9 Å². The van der Waals surface area contributed by atoms with Crippen molar-refractivity contribution in [1.29, 1.82) is 0 Å². The lowest BCUT2D eigenvalue weighted by Gasteiger charge is -2.32. The largest absolute Gasteiger partial charge is 0.475 e. The zero-order valence-corrected chi connectivity index (χ0v) is 11.7. The van der Waals surface area contributed by atoms with Gasteiger partial charge in [0.05, 0.1) is 0 Å². The van der Waals surface area contributed by atoms with E-state index in [1.165, 1.54) is 21.9 Å². The molecule has 104 valence electrons. The second-order valence-corrected chi connectivity index (χ2v) is 5.57. The summed E-state index contributed by atoms with van der Waals surface area (Å²) in [6.07, 6.45) is 0.628. The van der Waals surface area contributed by atoms with Gasteiger partial charge in [0.2, 0.25) is 0 Å². The Bertz CT molecular complexity index is 782. The zero-order chi connectivity index (χ0) is 14.2. The molecule has 21 heavy (non-hydrogen) atoms. The number of fused-ring (bicyclic) bond motifs is 3. The predicted octanol–water partition coefficient (Wildman–Crippen LogP) is 3.84. The Balaban J connectivity index is 1.83. The van der Waals surface area contributed by atoms with E-state index in [2.05, 4.69) is 54.6 Å². The van der Waals surface area contributed by atoms with Crippen LogP contribution in [0.4, 0.5) is 0 Å². The summed E-state index contributed by atoms with van der Waals surface area (Å²) in [4.78, 5) is 0. The molecule has 1 heterocycles. The number of hydrogen-bond acceptors (Lipinski definition) is 2. The van der Waals surface area contributed by atoms with E-state index >= 15 is 0 Å². The van der Waals surface area contributed by atoms with Gasteiger partial charge in [-0.15, -0.1) is 0 Å². The van der Waals surface area contributed by atoms with Crippen molar-refractivity contribution in [2.24, 2.45) is 5.73 Å². The van der Waals surface area contributed by atoms with Gasteiger partial charge >= 0.3 is 0 Å². The minimum Gasteiger partial charge on any atom is -0.475 e. The maximum absolute atomic E-state index is 6.25. The maximum atomic E-state index is 6.25.